The van der Waals surface area contributed by atoms with Crippen molar-refractivity contribution in [3.05, 3.63) is 53.0 Å². The number of nitrogens with zero attached hydrogens (tertiary/aromatic N) is 4. The zero-order chi connectivity index (χ0) is 17.5. The largest absolute Gasteiger partial charge is 0.367 e. The summed E-state index contributed by atoms with van der Waals surface area (Å²) in [6, 6.07) is 16.8. The Morgan fingerprint density at radius 1 is 1.04 bits per heavy atom. The number of fused-ring (bicyclic) bond motifs is 3. The molecular weight excluding hydrogens is 390 g/mol. The molecule has 0 aliphatic heterocycles. The highest BCUT2D eigenvalue weighted by Crippen LogP contribution is 2.31. The lowest BCUT2D eigenvalue weighted by molar-refractivity contribution is 0.751. The number of nitrogens with one attached hydrogen (secondary N) is 1. The van der Waals surface area contributed by atoms with Gasteiger partial charge in [-0.15, -0.1) is 5.10 Å². The third-order valence-electron chi connectivity index (χ3n) is 5.05. The van der Waals surface area contributed by atoms with Crippen LogP contribution in [-0.2, 0) is 0 Å². The Hall–Kier alpha value is -2.47. The van der Waals surface area contributed by atoms with E-state index in [0.717, 1.165) is 38.1 Å². The second-order valence-corrected chi connectivity index (χ2v) is 7.70. The van der Waals surface area contributed by atoms with Gasteiger partial charge in [0.15, 0.2) is 5.65 Å². The molecule has 2 aromatic heterocycles. The Balaban J connectivity index is 1.73. The van der Waals surface area contributed by atoms with Crippen LogP contribution in [-0.4, -0.2) is 25.9 Å². The molecule has 1 fully saturated rings. The van der Waals surface area contributed by atoms with Crippen molar-refractivity contribution in [2.45, 2.75) is 31.7 Å². The van der Waals surface area contributed by atoms with Gasteiger partial charge in [-0.05, 0) is 37.1 Å². The smallest absolute Gasteiger partial charge is 0.186 e. The van der Waals surface area contributed by atoms with Crippen LogP contribution in [0.1, 0.15) is 25.7 Å². The predicted octanol–water partition coefficient (Wildman–Crippen LogP) is 5.06. The van der Waals surface area contributed by atoms with Gasteiger partial charge in [0.1, 0.15) is 11.5 Å². The number of aromatic nitrogens is 4. The molecule has 0 amide bonds. The summed E-state index contributed by atoms with van der Waals surface area (Å²) >= 11 is 3.54. The monoisotopic (exact) mass is 407 g/mol. The van der Waals surface area contributed by atoms with E-state index in [-0.39, 0.29) is 0 Å². The van der Waals surface area contributed by atoms with E-state index in [0.29, 0.717) is 6.04 Å². The third kappa shape index (κ3) is 2.65. The first-order valence-electron chi connectivity index (χ1n) is 8.96. The Bertz CT molecular complexity index is 1100. The zero-order valence-electron chi connectivity index (χ0n) is 14.2. The molecule has 1 N–H and O–H groups in total. The molecule has 26 heavy (non-hydrogen) atoms. The molecule has 0 bridgehead atoms. The normalized spacial score (nSPS) is 15.1. The molecular formula is C20H18BrN5. The fourth-order valence-corrected chi connectivity index (χ4v) is 4.16. The summed E-state index contributed by atoms with van der Waals surface area (Å²) in [7, 11) is 0. The molecule has 0 spiro atoms. The molecule has 5 nitrogen and oxygen atoms in total. The second-order valence-electron chi connectivity index (χ2n) is 6.79. The highest BCUT2D eigenvalue weighted by atomic mass is 79.9. The number of rotatable bonds is 3. The summed E-state index contributed by atoms with van der Waals surface area (Å²) in [5, 5.41) is 13.6. The highest BCUT2D eigenvalue weighted by Gasteiger charge is 2.19. The van der Waals surface area contributed by atoms with Crippen LogP contribution in [0.5, 0.6) is 0 Å². The predicted molar refractivity (Wildman–Crippen MR) is 107 cm³/mol. The summed E-state index contributed by atoms with van der Waals surface area (Å²) in [6.07, 6.45) is 4.99. The topological polar surface area (TPSA) is 55.1 Å². The Morgan fingerprint density at radius 3 is 2.73 bits per heavy atom. The van der Waals surface area contributed by atoms with Crippen molar-refractivity contribution in [2.75, 3.05) is 5.32 Å². The van der Waals surface area contributed by atoms with E-state index in [1.165, 1.54) is 25.7 Å². The standard InChI is InChI=1S/C20H18BrN5/c21-14-7-5-6-13(12-14)18-20-23-19(22-15-8-1-2-9-15)16-10-3-4-11-17(16)26(20)25-24-18/h3-7,10-12,15H,1-2,8-9H2,(H,22,23). The van der Waals surface area contributed by atoms with Gasteiger partial charge >= 0.3 is 0 Å². The van der Waals surface area contributed by atoms with Crippen LogP contribution in [0.2, 0.25) is 0 Å². The summed E-state index contributed by atoms with van der Waals surface area (Å²) in [5.74, 6) is 0.929. The van der Waals surface area contributed by atoms with Crippen LogP contribution in [0.15, 0.2) is 53.0 Å². The molecule has 2 aromatic carbocycles. The minimum Gasteiger partial charge on any atom is -0.367 e. The van der Waals surface area contributed by atoms with Gasteiger partial charge in [-0.25, -0.2) is 4.98 Å². The molecule has 130 valence electrons. The van der Waals surface area contributed by atoms with Crippen LogP contribution < -0.4 is 5.32 Å². The van der Waals surface area contributed by atoms with Gasteiger partial charge in [0.25, 0.3) is 0 Å². The molecule has 0 radical (unpaired) electrons. The molecule has 4 aromatic rings. The summed E-state index contributed by atoms with van der Waals surface area (Å²) in [4.78, 5) is 4.94. The van der Waals surface area contributed by atoms with E-state index in [4.69, 9.17) is 4.98 Å². The molecule has 1 aliphatic carbocycles. The number of benzene rings is 2. The maximum Gasteiger partial charge on any atom is 0.186 e. The van der Waals surface area contributed by atoms with E-state index in [9.17, 15) is 0 Å². The van der Waals surface area contributed by atoms with Gasteiger partial charge in [0.05, 0.1) is 5.52 Å². The number of hydrogen-bond donors (Lipinski definition) is 1. The maximum absolute atomic E-state index is 4.94. The van der Waals surface area contributed by atoms with Gasteiger partial charge in [-0.3, -0.25) is 0 Å². The number of anilines is 1. The lowest BCUT2D eigenvalue weighted by atomic mass is 10.1. The van der Waals surface area contributed by atoms with E-state index in [2.05, 4.69) is 43.7 Å². The van der Waals surface area contributed by atoms with Gasteiger partial charge in [0.2, 0.25) is 0 Å². The van der Waals surface area contributed by atoms with Crippen LogP contribution >= 0.6 is 15.9 Å². The zero-order valence-corrected chi connectivity index (χ0v) is 15.8. The lowest BCUT2D eigenvalue weighted by Gasteiger charge is -2.15. The molecule has 0 saturated heterocycles. The van der Waals surface area contributed by atoms with Gasteiger partial charge in [-0.2, -0.15) is 4.52 Å². The van der Waals surface area contributed by atoms with Crippen LogP contribution in [0.4, 0.5) is 5.82 Å². The van der Waals surface area contributed by atoms with E-state index < -0.39 is 0 Å². The molecule has 2 heterocycles. The van der Waals surface area contributed by atoms with Crippen molar-refractivity contribution in [1.82, 2.24) is 19.8 Å². The molecule has 0 atom stereocenters. The minimum absolute atomic E-state index is 0.499. The van der Waals surface area contributed by atoms with E-state index >= 15 is 0 Å². The van der Waals surface area contributed by atoms with Crippen molar-refractivity contribution in [3.8, 4) is 11.3 Å². The average molecular weight is 408 g/mol. The molecule has 5 rings (SSSR count). The van der Waals surface area contributed by atoms with Crippen molar-refractivity contribution < 1.29 is 0 Å². The lowest BCUT2D eigenvalue weighted by Crippen LogP contribution is -2.16. The summed E-state index contributed by atoms with van der Waals surface area (Å²) in [6.45, 7) is 0. The maximum atomic E-state index is 4.94. The molecule has 0 unspecified atom stereocenters. The van der Waals surface area contributed by atoms with Crippen LogP contribution in [0, 0.1) is 0 Å². The second kappa shape index (κ2) is 6.36. The Kier molecular flexibility index (Phi) is 3.85. The highest BCUT2D eigenvalue weighted by molar-refractivity contribution is 9.10. The quantitative estimate of drug-likeness (QED) is 0.515. The SMILES string of the molecule is Brc1cccc(-c2nnn3c2nc(NC2CCCC2)c2ccccc23)c1. The van der Waals surface area contributed by atoms with Gasteiger partial charge in [-0.1, -0.05) is 58.3 Å². The van der Waals surface area contributed by atoms with Gasteiger partial charge in [0, 0.05) is 21.5 Å². The molecule has 1 aliphatic rings. The first kappa shape index (κ1) is 15.8. The molecule has 6 heteroatoms. The van der Waals surface area contributed by atoms with Gasteiger partial charge < -0.3 is 5.32 Å². The summed E-state index contributed by atoms with van der Waals surface area (Å²) in [5.41, 5.74) is 3.60. The van der Waals surface area contributed by atoms with Crippen molar-refractivity contribution in [2.24, 2.45) is 0 Å². The summed E-state index contributed by atoms with van der Waals surface area (Å²) < 4.78 is 2.85. The van der Waals surface area contributed by atoms with Crippen LogP contribution in [0.25, 0.3) is 27.8 Å². The van der Waals surface area contributed by atoms with Crippen LogP contribution in [0.3, 0.4) is 0 Å². The number of hydrogen-bond acceptors (Lipinski definition) is 4. The Labute approximate surface area is 159 Å². The molecule has 1 saturated carbocycles. The van der Waals surface area contributed by atoms with Crippen molar-refractivity contribution >= 4 is 38.3 Å². The number of para-hydroxylation sites is 1. The Morgan fingerprint density at radius 2 is 1.88 bits per heavy atom. The first-order chi connectivity index (χ1) is 12.8. The fourth-order valence-electron chi connectivity index (χ4n) is 3.76. The van der Waals surface area contributed by atoms with E-state index in [1.807, 2.05) is 40.9 Å². The van der Waals surface area contributed by atoms with Crippen molar-refractivity contribution in [1.29, 1.82) is 0 Å². The first-order valence-corrected chi connectivity index (χ1v) is 9.75. The number of halogens is 1. The third-order valence-corrected chi connectivity index (χ3v) is 5.54. The minimum atomic E-state index is 0.499. The van der Waals surface area contributed by atoms with E-state index in [1.54, 1.807) is 0 Å². The van der Waals surface area contributed by atoms with Crippen molar-refractivity contribution in [3.63, 3.8) is 0 Å². The fraction of sp³-hybridized carbons (Fsp3) is 0.250. The average Bonchev–Trinajstić information content (AvgIpc) is 3.32.